The lowest BCUT2D eigenvalue weighted by molar-refractivity contribution is -0.157. The molecule has 0 radical (unpaired) electrons. The highest BCUT2D eigenvalue weighted by atomic mass is 16.5. The van der Waals surface area contributed by atoms with Crippen molar-refractivity contribution in [3.8, 4) is 0 Å². The average molecular weight is 348 g/mol. The first-order valence-corrected chi connectivity index (χ1v) is 8.11. The number of aromatic nitrogens is 2. The molecule has 9 heteroatoms. The molecule has 2 aliphatic rings. The van der Waals surface area contributed by atoms with Crippen LogP contribution >= 0.6 is 0 Å². The smallest absolute Gasteiger partial charge is 0.335 e. The molecule has 2 heterocycles. The van der Waals surface area contributed by atoms with E-state index < -0.39 is 22.9 Å². The maximum absolute atomic E-state index is 12.8. The lowest BCUT2D eigenvalue weighted by Crippen LogP contribution is -2.45. The van der Waals surface area contributed by atoms with Gasteiger partial charge in [-0.2, -0.15) is 5.10 Å². The molecule has 2 unspecified atom stereocenters. The van der Waals surface area contributed by atoms with Gasteiger partial charge in [-0.25, -0.2) is 14.5 Å². The molecule has 1 N–H and O–H groups in total. The van der Waals surface area contributed by atoms with E-state index in [-0.39, 0.29) is 36.9 Å². The number of carbonyl (C=O) groups excluding carboxylic acids is 3. The Morgan fingerprint density at radius 3 is 2.48 bits per heavy atom. The molecule has 1 aliphatic carbocycles. The average Bonchev–Trinajstić information content (AvgIpc) is 3.17. The maximum atomic E-state index is 12.8. The van der Waals surface area contributed by atoms with E-state index in [1.165, 1.54) is 17.9 Å². The Morgan fingerprint density at radius 2 is 1.88 bits per heavy atom. The van der Waals surface area contributed by atoms with Crippen LogP contribution < -0.4 is 5.32 Å². The number of amides is 1. The van der Waals surface area contributed by atoms with Crippen molar-refractivity contribution >= 4 is 29.4 Å². The van der Waals surface area contributed by atoms with Crippen LogP contribution in [0.4, 0.5) is 5.82 Å². The van der Waals surface area contributed by atoms with Gasteiger partial charge in [-0.3, -0.25) is 9.59 Å². The summed E-state index contributed by atoms with van der Waals surface area (Å²) in [5, 5.41) is 6.70. The number of aliphatic imine (C=N–C) groups is 1. The fourth-order valence-corrected chi connectivity index (χ4v) is 3.53. The van der Waals surface area contributed by atoms with Crippen LogP contribution in [0.3, 0.4) is 0 Å². The number of esters is 2. The molecule has 1 aromatic heterocycles. The number of carbonyl (C=O) groups is 3. The van der Waals surface area contributed by atoms with Crippen molar-refractivity contribution in [2.24, 2.45) is 10.4 Å². The van der Waals surface area contributed by atoms with Gasteiger partial charge in [0.1, 0.15) is 11.0 Å². The van der Waals surface area contributed by atoms with Gasteiger partial charge in [0.25, 0.3) is 5.91 Å². The topological polar surface area (TPSA) is 112 Å². The highest BCUT2D eigenvalue weighted by Gasteiger charge is 2.83. The van der Waals surface area contributed by atoms with Crippen LogP contribution in [-0.4, -0.2) is 53.6 Å². The van der Waals surface area contributed by atoms with Crippen LogP contribution in [0.15, 0.2) is 11.2 Å². The van der Waals surface area contributed by atoms with Gasteiger partial charge in [0.2, 0.25) is 0 Å². The van der Waals surface area contributed by atoms with Crippen molar-refractivity contribution in [3.63, 3.8) is 0 Å². The summed E-state index contributed by atoms with van der Waals surface area (Å²) in [6, 6.07) is 0. The number of ether oxygens (including phenoxy) is 2. The van der Waals surface area contributed by atoms with Crippen LogP contribution in [0.5, 0.6) is 0 Å². The molecule has 9 nitrogen and oxygen atoms in total. The summed E-state index contributed by atoms with van der Waals surface area (Å²) in [5.74, 6) is -1.25. The van der Waals surface area contributed by atoms with Crippen molar-refractivity contribution < 1.29 is 23.9 Å². The van der Waals surface area contributed by atoms with Crippen molar-refractivity contribution in [3.05, 3.63) is 11.8 Å². The first-order chi connectivity index (χ1) is 11.9. The third-order valence-corrected chi connectivity index (χ3v) is 4.81. The number of fused-ring (bicyclic) bond motifs is 3. The number of hydrogen-bond donors (Lipinski definition) is 1. The minimum absolute atomic E-state index is 0.148. The normalized spacial score (nSPS) is 26.0. The molecule has 0 bridgehead atoms. The van der Waals surface area contributed by atoms with E-state index in [0.29, 0.717) is 5.71 Å². The second-order valence-corrected chi connectivity index (χ2v) is 5.95. The van der Waals surface area contributed by atoms with E-state index >= 15 is 0 Å². The molecule has 3 rings (SSSR count). The first-order valence-electron chi connectivity index (χ1n) is 8.11. The third kappa shape index (κ3) is 1.98. The lowest BCUT2D eigenvalue weighted by atomic mass is 9.92. The summed E-state index contributed by atoms with van der Waals surface area (Å²) in [7, 11) is 1.49. The van der Waals surface area contributed by atoms with Gasteiger partial charge >= 0.3 is 11.9 Å². The quantitative estimate of drug-likeness (QED) is 0.778. The Labute approximate surface area is 144 Å². The summed E-state index contributed by atoms with van der Waals surface area (Å²) in [4.78, 5) is 41.9. The van der Waals surface area contributed by atoms with Gasteiger partial charge in [-0.05, 0) is 20.8 Å². The molecular weight excluding hydrogens is 328 g/mol. The molecule has 1 amide bonds. The second-order valence-electron chi connectivity index (χ2n) is 5.95. The Kier molecular flexibility index (Phi) is 3.89. The van der Waals surface area contributed by atoms with Crippen LogP contribution in [0.25, 0.3) is 0 Å². The second kappa shape index (κ2) is 5.68. The van der Waals surface area contributed by atoms with Gasteiger partial charge in [0.15, 0.2) is 11.4 Å². The first kappa shape index (κ1) is 17.1. The van der Waals surface area contributed by atoms with Crippen molar-refractivity contribution in [2.75, 3.05) is 20.3 Å². The summed E-state index contributed by atoms with van der Waals surface area (Å²) < 4.78 is 11.7. The Bertz CT molecular complexity index is 798. The van der Waals surface area contributed by atoms with Gasteiger partial charge in [0, 0.05) is 19.2 Å². The Morgan fingerprint density at radius 1 is 1.24 bits per heavy atom. The van der Waals surface area contributed by atoms with E-state index in [0.717, 1.165) is 0 Å². The number of nitrogens with one attached hydrogen (secondary N) is 1. The van der Waals surface area contributed by atoms with Crippen LogP contribution in [0.2, 0.25) is 0 Å². The number of nitrogens with zero attached hydrogens (tertiary/aromatic N) is 3. The fourth-order valence-electron chi connectivity index (χ4n) is 3.53. The van der Waals surface area contributed by atoms with E-state index in [4.69, 9.17) is 9.47 Å². The molecular formula is C16H20N4O5. The predicted octanol–water partition coefficient (Wildman–Crippen LogP) is 0.560. The van der Waals surface area contributed by atoms with Crippen molar-refractivity contribution in [1.29, 1.82) is 0 Å². The largest absolute Gasteiger partial charge is 0.465 e. The summed E-state index contributed by atoms with van der Waals surface area (Å²) in [5.41, 5.74) is -1.95. The monoisotopic (exact) mass is 348 g/mol. The van der Waals surface area contributed by atoms with Gasteiger partial charge < -0.3 is 14.8 Å². The molecule has 25 heavy (non-hydrogen) atoms. The van der Waals surface area contributed by atoms with Gasteiger partial charge in [0.05, 0.1) is 19.4 Å². The predicted molar refractivity (Wildman–Crippen MR) is 86.7 cm³/mol. The molecule has 0 saturated heterocycles. The number of rotatable bonds is 5. The molecule has 0 spiro atoms. The van der Waals surface area contributed by atoms with Crippen LogP contribution in [-0.2, 0) is 24.6 Å². The minimum atomic E-state index is -1.36. The molecule has 1 fully saturated rings. The zero-order valence-electron chi connectivity index (χ0n) is 14.6. The maximum Gasteiger partial charge on any atom is 0.335 e. The molecule has 2 atom stereocenters. The third-order valence-electron chi connectivity index (χ3n) is 4.81. The highest BCUT2D eigenvalue weighted by molar-refractivity contribution is 6.18. The van der Waals surface area contributed by atoms with Gasteiger partial charge in [-0.15, -0.1) is 0 Å². The SMILES string of the molecule is CCOC(=O)C12CC1(C(=O)OCC)n1ncc(C(=O)NC)c1N=C2C. The highest BCUT2D eigenvalue weighted by Crippen LogP contribution is 2.67. The zero-order valence-corrected chi connectivity index (χ0v) is 14.6. The molecule has 1 saturated carbocycles. The number of hydrogen-bond acceptors (Lipinski definition) is 7. The summed E-state index contributed by atoms with van der Waals surface area (Å²) in [6.45, 7) is 5.38. The van der Waals surface area contributed by atoms with Crippen molar-refractivity contribution in [2.45, 2.75) is 32.7 Å². The summed E-state index contributed by atoms with van der Waals surface area (Å²) in [6.07, 6.45) is 1.49. The zero-order chi connectivity index (χ0) is 18.4. The van der Waals surface area contributed by atoms with Crippen molar-refractivity contribution in [1.82, 2.24) is 15.1 Å². The fraction of sp³-hybridized carbons (Fsp3) is 0.562. The van der Waals surface area contributed by atoms with Gasteiger partial charge in [-0.1, -0.05) is 0 Å². The Hall–Kier alpha value is -2.71. The van der Waals surface area contributed by atoms with Crippen LogP contribution in [0, 0.1) is 5.41 Å². The standard InChI is InChI=1S/C16H20N4O5/c1-5-24-13(22)15-8-16(15,14(23)25-6-2)20-11(19-9(15)3)10(7-18-20)12(21)17-4/h7H,5-6,8H2,1-4H3,(H,17,21). The van der Waals surface area contributed by atoms with E-state index in [1.807, 2.05) is 0 Å². The summed E-state index contributed by atoms with van der Waals surface area (Å²) >= 11 is 0. The molecule has 1 aromatic rings. The van der Waals surface area contributed by atoms with Crippen LogP contribution in [0.1, 0.15) is 37.6 Å². The lowest BCUT2D eigenvalue weighted by Gasteiger charge is -2.27. The van der Waals surface area contributed by atoms with E-state index in [9.17, 15) is 14.4 Å². The van der Waals surface area contributed by atoms with E-state index in [1.54, 1.807) is 20.8 Å². The Balaban J connectivity index is 2.19. The minimum Gasteiger partial charge on any atom is -0.465 e. The van der Waals surface area contributed by atoms with E-state index in [2.05, 4.69) is 15.4 Å². The molecule has 0 aromatic carbocycles. The molecule has 134 valence electrons. The molecule has 1 aliphatic heterocycles.